The fourth-order valence-electron chi connectivity index (χ4n) is 3.18. The number of methoxy groups -OCH3 is 1. The summed E-state index contributed by atoms with van der Waals surface area (Å²) in [5.74, 6) is 0.158. The number of carbonyl (C=O) groups excluding carboxylic acids is 2. The van der Waals surface area contributed by atoms with E-state index in [-0.39, 0.29) is 23.1 Å². The van der Waals surface area contributed by atoms with E-state index < -0.39 is 0 Å². The van der Waals surface area contributed by atoms with Crippen molar-refractivity contribution in [2.45, 2.75) is 12.1 Å². The van der Waals surface area contributed by atoms with Gasteiger partial charge < -0.3 is 15.4 Å². The number of aromatic nitrogens is 2. The Bertz CT molecular complexity index is 1380. The number of amides is 2. The maximum Gasteiger partial charge on any atom is 0.276 e. The molecule has 0 aliphatic rings. The Morgan fingerprint density at radius 3 is 2.45 bits per heavy atom. The van der Waals surface area contributed by atoms with Crippen molar-refractivity contribution in [3.63, 3.8) is 0 Å². The second-order valence-electron chi connectivity index (χ2n) is 6.94. The average molecular weight is 481 g/mol. The summed E-state index contributed by atoms with van der Waals surface area (Å²) in [5, 5.41) is 7.70. The molecule has 2 heterocycles. The third-order valence-corrected chi connectivity index (χ3v) is 6.43. The predicted molar refractivity (Wildman–Crippen MR) is 132 cm³/mol. The first-order valence-electron chi connectivity index (χ1n) is 9.90. The lowest BCUT2D eigenvalue weighted by Crippen LogP contribution is -2.22. The maximum absolute atomic E-state index is 13.3. The molecule has 0 saturated carbocycles. The zero-order valence-corrected chi connectivity index (χ0v) is 19.5. The molecule has 0 unspecified atom stereocenters. The van der Waals surface area contributed by atoms with Gasteiger partial charge in [0, 0.05) is 18.3 Å². The van der Waals surface area contributed by atoms with Gasteiger partial charge in [0.15, 0.2) is 5.16 Å². The first-order valence-corrected chi connectivity index (χ1v) is 11.8. The van der Waals surface area contributed by atoms with E-state index in [1.165, 1.54) is 22.8 Å². The van der Waals surface area contributed by atoms with E-state index in [1.807, 2.05) is 17.5 Å². The second kappa shape index (κ2) is 9.88. The topological polar surface area (TPSA) is 102 Å². The van der Waals surface area contributed by atoms with E-state index in [1.54, 1.807) is 49.6 Å². The van der Waals surface area contributed by atoms with Crippen molar-refractivity contribution in [1.82, 2.24) is 9.55 Å². The molecule has 2 N–H and O–H groups in total. The summed E-state index contributed by atoms with van der Waals surface area (Å²) >= 11 is 2.49. The molecule has 0 atom stereocenters. The Morgan fingerprint density at radius 1 is 1.06 bits per heavy atom. The number of thioether (sulfide) groups is 1. The average Bonchev–Trinajstić information content (AvgIpc) is 3.28. The van der Waals surface area contributed by atoms with Gasteiger partial charge in [-0.1, -0.05) is 23.9 Å². The number of hydrogen-bond acceptors (Lipinski definition) is 7. The summed E-state index contributed by atoms with van der Waals surface area (Å²) in [6.07, 6.45) is 0. The molecule has 0 aliphatic carbocycles. The van der Waals surface area contributed by atoms with Gasteiger partial charge in [-0.3, -0.25) is 19.0 Å². The van der Waals surface area contributed by atoms with Crippen LogP contribution in [0.5, 0.6) is 5.75 Å². The summed E-state index contributed by atoms with van der Waals surface area (Å²) in [6.45, 7) is 1.43. The molecule has 8 nitrogen and oxygen atoms in total. The number of ether oxygens (including phenoxy) is 1. The second-order valence-corrected chi connectivity index (χ2v) is 8.80. The van der Waals surface area contributed by atoms with E-state index >= 15 is 0 Å². The number of nitrogens with one attached hydrogen (secondary N) is 2. The summed E-state index contributed by atoms with van der Waals surface area (Å²) in [4.78, 5) is 41.6. The standard InChI is InChI=1S/C23H20N4O4S2/c1-14(28)24-15-7-9-16(10-8-15)25-20(29)13-33-23-26-17-11-12-32-21(17)22(30)27(23)18-5-3-4-6-19(18)31-2/h3-12H,13H2,1-2H3,(H,24,28)(H,25,29). The first-order chi connectivity index (χ1) is 16.0. The number of hydrogen-bond donors (Lipinski definition) is 2. The van der Waals surface area contributed by atoms with Crippen LogP contribution in [0.4, 0.5) is 11.4 Å². The number of benzene rings is 2. The number of carbonyl (C=O) groups is 2. The Labute approximate surface area is 197 Å². The van der Waals surface area contributed by atoms with E-state index in [9.17, 15) is 14.4 Å². The van der Waals surface area contributed by atoms with Crippen LogP contribution < -0.4 is 20.9 Å². The highest BCUT2D eigenvalue weighted by atomic mass is 32.2. The van der Waals surface area contributed by atoms with Crippen LogP contribution in [0.15, 0.2) is 69.9 Å². The highest BCUT2D eigenvalue weighted by Crippen LogP contribution is 2.28. The monoisotopic (exact) mass is 480 g/mol. The molecular formula is C23H20N4O4S2. The number of anilines is 2. The molecule has 4 aromatic rings. The molecule has 2 aromatic carbocycles. The third-order valence-electron chi connectivity index (χ3n) is 4.60. The van der Waals surface area contributed by atoms with Crippen molar-refractivity contribution in [3.05, 3.63) is 70.3 Å². The smallest absolute Gasteiger partial charge is 0.276 e. The van der Waals surface area contributed by atoms with Gasteiger partial charge in [0.05, 0.1) is 24.1 Å². The van der Waals surface area contributed by atoms with Gasteiger partial charge in [-0.2, -0.15) is 0 Å². The zero-order valence-electron chi connectivity index (χ0n) is 17.8. The van der Waals surface area contributed by atoms with E-state index in [0.29, 0.717) is 38.2 Å². The molecule has 0 bridgehead atoms. The summed E-state index contributed by atoms with van der Waals surface area (Å²) in [6, 6.07) is 15.8. The molecule has 4 rings (SSSR count). The predicted octanol–water partition coefficient (Wildman–Crippen LogP) is 4.15. The first kappa shape index (κ1) is 22.6. The van der Waals surface area contributed by atoms with Crippen molar-refractivity contribution >= 4 is 56.5 Å². The molecule has 2 amide bonds. The van der Waals surface area contributed by atoms with E-state index in [0.717, 1.165) is 11.8 Å². The minimum absolute atomic E-state index is 0.0463. The van der Waals surface area contributed by atoms with Crippen molar-refractivity contribution in [1.29, 1.82) is 0 Å². The highest BCUT2D eigenvalue weighted by Gasteiger charge is 2.18. The van der Waals surface area contributed by atoms with Crippen molar-refractivity contribution in [3.8, 4) is 11.4 Å². The van der Waals surface area contributed by atoms with Crippen LogP contribution in [-0.4, -0.2) is 34.2 Å². The van der Waals surface area contributed by atoms with Crippen LogP contribution in [0.25, 0.3) is 15.9 Å². The van der Waals surface area contributed by atoms with Gasteiger partial charge in [-0.15, -0.1) is 11.3 Å². The lowest BCUT2D eigenvalue weighted by molar-refractivity contribution is -0.114. The lowest BCUT2D eigenvalue weighted by atomic mass is 10.3. The Morgan fingerprint density at radius 2 is 1.76 bits per heavy atom. The van der Waals surface area contributed by atoms with Gasteiger partial charge in [0.25, 0.3) is 5.56 Å². The van der Waals surface area contributed by atoms with Crippen molar-refractivity contribution in [2.75, 3.05) is 23.5 Å². The van der Waals surface area contributed by atoms with Crippen LogP contribution in [0.1, 0.15) is 6.92 Å². The molecule has 0 fully saturated rings. The lowest BCUT2D eigenvalue weighted by Gasteiger charge is -2.15. The summed E-state index contributed by atoms with van der Waals surface area (Å²) < 4.78 is 7.46. The van der Waals surface area contributed by atoms with Gasteiger partial charge >= 0.3 is 0 Å². The van der Waals surface area contributed by atoms with Crippen molar-refractivity contribution in [2.24, 2.45) is 0 Å². The molecule has 10 heteroatoms. The molecule has 0 saturated heterocycles. The molecule has 33 heavy (non-hydrogen) atoms. The van der Waals surface area contributed by atoms with E-state index in [4.69, 9.17) is 4.74 Å². The zero-order chi connectivity index (χ0) is 23.4. The fourth-order valence-corrected chi connectivity index (χ4v) is 4.75. The van der Waals surface area contributed by atoms with Gasteiger partial charge in [-0.25, -0.2) is 4.98 Å². The molecule has 2 aromatic heterocycles. The number of fused-ring (bicyclic) bond motifs is 1. The fraction of sp³-hybridized carbons (Fsp3) is 0.130. The molecule has 0 aliphatic heterocycles. The Hall–Kier alpha value is -3.63. The minimum atomic E-state index is -0.251. The molecular weight excluding hydrogens is 460 g/mol. The van der Waals surface area contributed by atoms with Gasteiger partial charge in [-0.05, 0) is 47.8 Å². The van der Waals surface area contributed by atoms with Crippen LogP contribution in [0, 0.1) is 0 Å². The SMILES string of the molecule is COc1ccccc1-n1c(SCC(=O)Nc2ccc(NC(C)=O)cc2)nc2ccsc2c1=O. The Kier molecular flexibility index (Phi) is 6.76. The number of nitrogens with zero attached hydrogens (tertiary/aromatic N) is 2. The normalized spacial score (nSPS) is 10.7. The summed E-state index contributed by atoms with van der Waals surface area (Å²) in [7, 11) is 1.54. The number of para-hydroxylation sites is 2. The van der Waals surface area contributed by atoms with Gasteiger partial charge in [0.2, 0.25) is 11.8 Å². The van der Waals surface area contributed by atoms with E-state index in [2.05, 4.69) is 15.6 Å². The van der Waals surface area contributed by atoms with Gasteiger partial charge in [0.1, 0.15) is 10.4 Å². The Balaban J connectivity index is 1.58. The highest BCUT2D eigenvalue weighted by molar-refractivity contribution is 7.99. The maximum atomic E-state index is 13.3. The number of rotatable bonds is 7. The minimum Gasteiger partial charge on any atom is -0.495 e. The van der Waals surface area contributed by atoms with Crippen LogP contribution in [-0.2, 0) is 9.59 Å². The van der Waals surface area contributed by atoms with Crippen LogP contribution >= 0.6 is 23.1 Å². The van der Waals surface area contributed by atoms with Crippen molar-refractivity contribution < 1.29 is 14.3 Å². The molecule has 168 valence electrons. The quantitative estimate of drug-likeness (QED) is 0.304. The summed E-state index contributed by atoms with van der Waals surface area (Å²) in [5.41, 5.74) is 2.18. The largest absolute Gasteiger partial charge is 0.495 e. The number of thiophene rings is 1. The van der Waals surface area contributed by atoms with Crippen LogP contribution in [0.2, 0.25) is 0 Å². The third kappa shape index (κ3) is 5.07. The van der Waals surface area contributed by atoms with Crippen LogP contribution in [0.3, 0.4) is 0 Å². The molecule has 0 radical (unpaired) electrons. The molecule has 0 spiro atoms.